The molecule has 0 aromatic rings. The average molecular weight is 141 g/mol. The summed E-state index contributed by atoms with van der Waals surface area (Å²) in [5, 5.41) is 8.17. The van der Waals surface area contributed by atoms with E-state index in [1.807, 2.05) is 0 Å². The molecule has 4 heteroatoms. The number of nitrogens with one attached hydrogen (secondary N) is 1. The van der Waals surface area contributed by atoms with Crippen LogP contribution >= 0.6 is 0 Å². The Morgan fingerprint density at radius 1 is 1.80 bits per heavy atom. The van der Waals surface area contributed by atoms with Crippen molar-refractivity contribution in [3.8, 4) is 0 Å². The molecule has 0 aromatic heterocycles. The Bertz CT molecular complexity index is 195. The third-order valence-electron chi connectivity index (χ3n) is 1.10. The summed E-state index contributed by atoms with van der Waals surface area (Å²) in [6.07, 6.45) is 4.65. The van der Waals surface area contributed by atoms with Crippen molar-refractivity contribution in [2.45, 2.75) is 0 Å². The highest BCUT2D eigenvalue weighted by atomic mass is 16.5. The standard InChI is InChI=1S/C6H7NO3/c8-6(7-9)5-2-1-3-10-4-5/h1-3,9H,4H2,(H,7,8). The van der Waals surface area contributed by atoms with Crippen molar-refractivity contribution in [3.05, 3.63) is 24.0 Å². The van der Waals surface area contributed by atoms with Gasteiger partial charge in [0.2, 0.25) is 0 Å². The third-order valence-corrected chi connectivity index (χ3v) is 1.10. The Morgan fingerprint density at radius 3 is 3.10 bits per heavy atom. The van der Waals surface area contributed by atoms with Crippen LogP contribution in [-0.2, 0) is 9.53 Å². The van der Waals surface area contributed by atoms with E-state index in [2.05, 4.69) is 0 Å². The average Bonchev–Trinajstić information content (AvgIpc) is 2.05. The third kappa shape index (κ3) is 1.35. The Labute approximate surface area is 57.8 Å². The molecule has 0 saturated carbocycles. The van der Waals surface area contributed by atoms with Gasteiger partial charge in [-0.3, -0.25) is 10.0 Å². The van der Waals surface area contributed by atoms with Crippen LogP contribution in [0.5, 0.6) is 0 Å². The van der Waals surface area contributed by atoms with E-state index in [-0.39, 0.29) is 6.61 Å². The second kappa shape index (κ2) is 3.03. The number of allylic oxidation sites excluding steroid dienone is 2. The fourth-order valence-electron chi connectivity index (χ4n) is 0.610. The van der Waals surface area contributed by atoms with Gasteiger partial charge in [0.25, 0.3) is 5.91 Å². The molecule has 1 heterocycles. The van der Waals surface area contributed by atoms with Crippen LogP contribution in [0.25, 0.3) is 0 Å². The lowest BCUT2D eigenvalue weighted by molar-refractivity contribution is -0.125. The molecular formula is C6H7NO3. The SMILES string of the molecule is O=C(NO)C1=CC=COC1. The first-order valence-corrected chi connectivity index (χ1v) is 2.76. The maximum Gasteiger partial charge on any atom is 0.274 e. The first-order chi connectivity index (χ1) is 4.84. The van der Waals surface area contributed by atoms with Gasteiger partial charge in [-0.1, -0.05) is 0 Å². The fourth-order valence-corrected chi connectivity index (χ4v) is 0.610. The first-order valence-electron chi connectivity index (χ1n) is 2.76. The fraction of sp³-hybridized carbons (Fsp3) is 0.167. The summed E-state index contributed by atoms with van der Waals surface area (Å²) in [5.74, 6) is -0.524. The molecule has 0 fully saturated rings. The summed E-state index contributed by atoms with van der Waals surface area (Å²) in [6, 6.07) is 0. The summed E-state index contributed by atoms with van der Waals surface area (Å²) >= 11 is 0. The van der Waals surface area contributed by atoms with Gasteiger partial charge in [0, 0.05) is 0 Å². The lowest BCUT2D eigenvalue weighted by Crippen LogP contribution is -2.23. The maximum atomic E-state index is 10.6. The summed E-state index contributed by atoms with van der Waals surface area (Å²) in [6.45, 7) is 0.211. The molecule has 0 spiro atoms. The summed E-state index contributed by atoms with van der Waals surface area (Å²) in [4.78, 5) is 10.6. The van der Waals surface area contributed by atoms with Gasteiger partial charge >= 0.3 is 0 Å². The van der Waals surface area contributed by atoms with Crippen LogP contribution in [0.15, 0.2) is 24.0 Å². The molecule has 0 bridgehead atoms. The lowest BCUT2D eigenvalue weighted by atomic mass is 10.2. The van der Waals surface area contributed by atoms with E-state index in [1.165, 1.54) is 11.7 Å². The molecule has 2 N–H and O–H groups in total. The van der Waals surface area contributed by atoms with E-state index in [0.717, 1.165) is 0 Å². The monoisotopic (exact) mass is 141 g/mol. The van der Waals surface area contributed by atoms with Crippen LogP contribution in [0.2, 0.25) is 0 Å². The molecule has 54 valence electrons. The van der Waals surface area contributed by atoms with Crippen molar-refractivity contribution < 1.29 is 14.7 Å². The molecule has 1 aliphatic heterocycles. The van der Waals surface area contributed by atoms with Gasteiger partial charge in [0.1, 0.15) is 6.61 Å². The Hall–Kier alpha value is -1.29. The van der Waals surface area contributed by atoms with Gasteiger partial charge in [-0.2, -0.15) is 0 Å². The number of hydrogen-bond acceptors (Lipinski definition) is 3. The number of hydroxylamine groups is 1. The summed E-state index contributed by atoms with van der Waals surface area (Å²) in [7, 11) is 0. The second-order valence-corrected chi connectivity index (χ2v) is 1.77. The second-order valence-electron chi connectivity index (χ2n) is 1.77. The van der Waals surface area contributed by atoms with Crippen LogP contribution in [0.1, 0.15) is 0 Å². The number of hydrogen-bond donors (Lipinski definition) is 2. The first kappa shape index (κ1) is 6.82. The molecule has 0 atom stereocenters. The van der Waals surface area contributed by atoms with Crippen LogP contribution in [0, 0.1) is 0 Å². The molecule has 0 unspecified atom stereocenters. The minimum atomic E-state index is -0.524. The predicted octanol–water partition coefficient (Wildman–Crippen LogP) is -0.0379. The van der Waals surface area contributed by atoms with Crippen molar-refractivity contribution in [2.75, 3.05) is 6.61 Å². The minimum absolute atomic E-state index is 0.211. The van der Waals surface area contributed by atoms with E-state index in [0.29, 0.717) is 5.57 Å². The van der Waals surface area contributed by atoms with E-state index in [9.17, 15) is 4.79 Å². The highest BCUT2D eigenvalue weighted by Gasteiger charge is 2.08. The van der Waals surface area contributed by atoms with Gasteiger partial charge in [-0.25, -0.2) is 5.48 Å². The molecule has 0 aliphatic carbocycles. The van der Waals surface area contributed by atoms with Gasteiger partial charge in [-0.05, 0) is 12.2 Å². The van der Waals surface area contributed by atoms with Crippen LogP contribution in [0.4, 0.5) is 0 Å². The zero-order chi connectivity index (χ0) is 7.40. The van der Waals surface area contributed by atoms with Crippen LogP contribution < -0.4 is 5.48 Å². The van der Waals surface area contributed by atoms with E-state index in [1.54, 1.807) is 12.2 Å². The molecule has 1 aliphatic rings. The Balaban J connectivity index is 2.62. The smallest absolute Gasteiger partial charge is 0.274 e. The van der Waals surface area contributed by atoms with Crippen molar-refractivity contribution in [1.29, 1.82) is 0 Å². The van der Waals surface area contributed by atoms with Crippen molar-refractivity contribution in [3.63, 3.8) is 0 Å². The Morgan fingerprint density at radius 2 is 2.60 bits per heavy atom. The van der Waals surface area contributed by atoms with Crippen molar-refractivity contribution in [1.82, 2.24) is 5.48 Å². The molecule has 1 amide bonds. The Kier molecular flexibility index (Phi) is 2.07. The van der Waals surface area contributed by atoms with Crippen molar-refractivity contribution >= 4 is 5.91 Å². The van der Waals surface area contributed by atoms with E-state index >= 15 is 0 Å². The molecular weight excluding hydrogens is 134 g/mol. The molecule has 10 heavy (non-hydrogen) atoms. The maximum absolute atomic E-state index is 10.6. The highest BCUT2D eigenvalue weighted by molar-refractivity contribution is 5.93. The normalized spacial score (nSPS) is 15.5. The number of ether oxygens (including phenoxy) is 1. The zero-order valence-corrected chi connectivity index (χ0v) is 5.20. The largest absolute Gasteiger partial charge is 0.496 e. The summed E-state index contributed by atoms with van der Waals surface area (Å²) in [5.41, 5.74) is 1.92. The highest BCUT2D eigenvalue weighted by Crippen LogP contribution is 2.01. The number of amides is 1. The van der Waals surface area contributed by atoms with Crippen molar-refractivity contribution in [2.24, 2.45) is 0 Å². The van der Waals surface area contributed by atoms with Gasteiger partial charge in [0.15, 0.2) is 0 Å². The predicted molar refractivity (Wildman–Crippen MR) is 33.1 cm³/mol. The topological polar surface area (TPSA) is 58.6 Å². The molecule has 0 aromatic carbocycles. The van der Waals surface area contributed by atoms with Gasteiger partial charge in [0.05, 0.1) is 11.8 Å². The molecule has 4 nitrogen and oxygen atoms in total. The lowest BCUT2D eigenvalue weighted by Gasteiger charge is -2.06. The van der Waals surface area contributed by atoms with Gasteiger partial charge in [-0.15, -0.1) is 0 Å². The zero-order valence-electron chi connectivity index (χ0n) is 5.20. The number of carbonyl (C=O) groups is 1. The number of rotatable bonds is 1. The molecule has 0 saturated heterocycles. The molecule has 1 rings (SSSR count). The van der Waals surface area contributed by atoms with Crippen LogP contribution in [-0.4, -0.2) is 17.7 Å². The van der Waals surface area contributed by atoms with E-state index < -0.39 is 5.91 Å². The van der Waals surface area contributed by atoms with E-state index in [4.69, 9.17) is 9.94 Å². The number of carbonyl (C=O) groups excluding carboxylic acids is 1. The molecule has 0 radical (unpaired) electrons. The van der Waals surface area contributed by atoms with Gasteiger partial charge < -0.3 is 4.74 Å². The quantitative estimate of drug-likeness (QED) is 0.398. The van der Waals surface area contributed by atoms with Crippen LogP contribution in [0.3, 0.4) is 0 Å². The minimum Gasteiger partial charge on any atom is -0.496 e. The summed E-state index contributed by atoms with van der Waals surface area (Å²) < 4.78 is 4.78.